The van der Waals surface area contributed by atoms with Gasteiger partial charge in [0.1, 0.15) is 11.5 Å². The normalized spacial score (nSPS) is 12.7. The van der Waals surface area contributed by atoms with E-state index in [-0.39, 0.29) is 39.4 Å². The number of hydrogen-bond acceptors (Lipinski definition) is 6. The number of nitrogen functional groups attached to an aromatic ring is 1. The Morgan fingerprint density at radius 1 is 1.04 bits per heavy atom. The van der Waals surface area contributed by atoms with Crippen LogP contribution in [0.25, 0.3) is 0 Å². The van der Waals surface area contributed by atoms with Gasteiger partial charge >= 0.3 is 0 Å². The van der Waals surface area contributed by atoms with Crippen LogP contribution in [0.15, 0.2) is 30.3 Å². The van der Waals surface area contributed by atoms with Crippen molar-refractivity contribution >= 4 is 17.3 Å². The van der Waals surface area contributed by atoms with Gasteiger partial charge in [0.25, 0.3) is 0 Å². The Balaban J connectivity index is 1.96. The number of carbonyl (C=O) groups is 2. The summed E-state index contributed by atoms with van der Waals surface area (Å²) < 4.78 is 10.8. The van der Waals surface area contributed by atoms with Crippen LogP contribution >= 0.6 is 0 Å². The lowest BCUT2D eigenvalue weighted by atomic mass is 9.82. The highest BCUT2D eigenvalue weighted by Gasteiger charge is 2.35. The number of hydrogen-bond donors (Lipinski definition) is 2. The summed E-state index contributed by atoms with van der Waals surface area (Å²) in [6.45, 7) is 3.39. The van der Waals surface area contributed by atoms with E-state index in [0.717, 1.165) is 0 Å². The molecule has 0 spiro atoms. The smallest absolute Gasteiger partial charge is 0.198 e. The minimum atomic E-state index is -0.419. The first kappa shape index (κ1) is 17.0. The van der Waals surface area contributed by atoms with E-state index in [9.17, 15) is 14.7 Å². The van der Waals surface area contributed by atoms with Gasteiger partial charge in [-0.2, -0.15) is 0 Å². The van der Waals surface area contributed by atoms with E-state index >= 15 is 0 Å². The van der Waals surface area contributed by atoms with Crippen molar-refractivity contribution in [2.45, 2.75) is 13.3 Å². The molecule has 0 atom stereocenters. The van der Waals surface area contributed by atoms with Gasteiger partial charge in [-0.25, -0.2) is 0 Å². The maximum absolute atomic E-state index is 12.8. The van der Waals surface area contributed by atoms with Gasteiger partial charge < -0.3 is 20.3 Å². The fourth-order valence-electron chi connectivity index (χ4n) is 2.88. The predicted octanol–water partition coefficient (Wildman–Crippen LogP) is 2.56. The zero-order chi connectivity index (χ0) is 18.0. The molecule has 6 heteroatoms. The molecular weight excluding hydrogens is 322 g/mol. The van der Waals surface area contributed by atoms with E-state index in [1.54, 1.807) is 24.3 Å². The summed E-state index contributed by atoms with van der Waals surface area (Å²) in [6.07, 6.45) is 0.640. The minimum Gasteiger partial charge on any atom is -0.507 e. The number of benzene rings is 2. The van der Waals surface area contributed by atoms with E-state index in [2.05, 4.69) is 0 Å². The Morgan fingerprint density at radius 3 is 2.32 bits per heavy atom. The summed E-state index contributed by atoms with van der Waals surface area (Å²) in [5.41, 5.74) is 6.63. The molecule has 0 aromatic heterocycles. The van der Waals surface area contributed by atoms with Crippen molar-refractivity contribution < 1.29 is 24.2 Å². The molecule has 0 radical (unpaired) electrons. The number of nitrogens with two attached hydrogens (primary N) is 1. The van der Waals surface area contributed by atoms with Gasteiger partial charge in [0, 0.05) is 36.8 Å². The first-order valence-electron chi connectivity index (χ1n) is 8.10. The van der Waals surface area contributed by atoms with Gasteiger partial charge in [0.2, 0.25) is 0 Å². The monoisotopic (exact) mass is 341 g/mol. The van der Waals surface area contributed by atoms with E-state index < -0.39 is 11.6 Å². The molecule has 6 nitrogen and oxygen atoms in total. The first-order chi connectivity index (χ1) is 12.1. The van der Waals surface area contributed by atoms with E-state index in [0.29, 0.717) is 26.2 Å². The number of rotatable bonds is 6. The van der Waals surface area contributed by atoms with Crippen LogP contribution in [-0.4, -0.2) is 36.5 Å². The fourth-order valence-corrected chi connectivity index (χ4v) is 2.88. The van der Waals surface area contributed by atoms with Gasteiger partial charge in [0.15, 0.2) is 11.6 Å². The van der Waals surface area contributed by atoms with Crippen molar-refractivity contribution in [2.24, 2.45) is 0 Å². The average molecular weight is 341 g/mol. The van der Waals surface area contributed by atoms with E-state index in [4.69, 9.17) is 15.2 Å². The molecule has 0 amide bonds. The lowest BCUT2D eigenvalue weighted by molar-refractivity contribution is 0.0976. The number of carbonyl (C=O) groups excluding carboxylic acids is 2. The average Bonchev–Trinajstić information content (AvgIpc) is 2.62. The van der Waals surface area contributed by atoms with Crippen LogP contribution in [0.3, 0.4) is 0 Å². The highest BCUT2D eigenvalue weighted by atomic mass is 16.5. The number of aromatic hydroxyl groups is 1. The molecule has 2 aromatic rings. The van der Waals surface area contributed by atoms with Crippen LogP contribution in [-0.2, 0) is 4.74 Å². The zero-order valence-corrected chi connectivity index (χ0v) is 13.9. The highest BCUT2D eigenvalue weighted by molar-refractivity contribution is 6.31. The second-order valence-corrected chi connectivity index (χ2v) is 5.66. The standard InChI is InChI=1S/C19H19NO5/c1-2-24-8-5-9-25-14-10-13(21)15-16(17(14)20)19(23)12-7-4-3-6-11(12)18(15)22/h3-4,6-7,10,21H,2,5,8-9,20H2,1H3. The lowest BCUT2D eigenvalue weighted by Crippen LogP contribution is -2.23. The molecule has 0 fully saturated rings. The van der Waals surface area contributed by atoms with Crippen LogP contribution in [0.1, 0.15) is 45.2 Å². The van der Waals surface area contributed by atoms with Crippen LogP contribution < -0.4 is 10.5 Å². The Kier molecular flexibility index (Phi) is 4.72. The van der Waals surface area contributed by atoms with Crippen molar-refractivity contribution in [3.8, 4) is 11.5 Å². The summed E-state index contributed by atoms with van der Waals surface area (Å²) in [7, 11) is 0. The zero-order valence-electron chi connectivity index (χ0n) is 13.9. The van der Waals surface area contributed by atoms with Crippen LogP contribution in [0.5, 0.6) is 11.5 Å². The number of ketones is 2. The number of phenols is 1. The minimum absolute atomic E-state index is 0.00325. The summed E-state index contributed by atoms with van der Waals surface area (Å²) in [4.78, 5) is 25.4. The second-order valence-electron chi connectivity index (χ2n) is 5.66. The molecule has 2 aromatic carbocycles. The van der Waals surface area contributed by atoms with Gasteiger partial charge in [-0.1, -0.05) is 24.3 Å². The molecule has 0 saturated heterocycles. The predicted molar refractivity (Wildman–Crippen MR) is 92.4 cm³/mol. The van der Waals surface area contributed by atoms with E-state index in [1.165, 1.54) is 6.07 Å². The summed E-state index contributed by atoms with van der Waals surface area (Å²) >= 11 is 0. The molecule has 0 bridgehead atoms. The van der Waals surface area contributed by atoms with Crippen molar-refractivity contribution in [1.82, 2.24) is 0 Å². The van der Waals surface area contributed by atoms with Crippen LogP contribution in [0.4, 0.5) is 5.69 Å². The van der Waals surface area contributed by atoms with Crippen molar-refractivity contribution in [3.05, 3.63) is 52.6 Å². The summed E-state index contributed by atoms with van der Waals surface area (Å²) in [5, 5.41) is 10.3. The molecule has 3 N–H and O–H groups in total. The van der Waals surface area contributed by atoms with Gasteiger partial charge in [-0.15, -0.1) is 0 Å². The summed E-state index contributed by atoms with van der Waals surface area (Å²) in [6, 6.07) is 7.77. The van der Waals surface area contributed by atoms with Crippen molar-refractivity contribution in [2.75, 3.05) is 25.6 Å². The topological polar surface area (TPSA) is 98.8 Å². The Hall–Kier alpha value is -2.86. The van der Waals surface area contributed by atoms with Crippen LogP contribution in [0, 0.1) is 0 Å². The fraction of sp³-hybridized carbons (Fsp3) is 0.263. The molecule has 0 unspecified atom stereocenters. The number of fused-ring (bicyclic) bond motifs is 2. The number of anilines is 1. The lowest BCUT2D eigenvalue weighted by Gasteiger charge is -2.21. The third kappa shape index (κ3) is 2.96. The third-order valence-electron chi connectivity index (χ3n) is 4.07. The highest BCUT2D eigenvalue weighted by Crippen LogP contribution is 2.41. The Morgan fingerprint density at radius 2 is 1.68 bits per heavy atom. The van der Waals surface area contributed by atoms with Crippen molar-refractivity contribution in [3.63, 3.8) is 0 Å². The first-order valence-corrected chi connectivity index (χ1v) is 8.10. The second kappa shape index (κ2) is 6.94. The third-order valence-corrected chi connectivity index (χ3v) is 4.07. The van der Waals surface area contributed by atoms with Gasteiger partial charge in [0.05, 0.1) is 23.4 Å². The largest absolute Gasteiger partial charge is 0.507 e. The molecular formula is C19H19NO5. The molecule has 130 valence electrons. The molecule has 0 aliphatic heterocycles. The number of ether oxygens (including phenoxy) is 2. The van der Waals surface area contributed by atoms with E-state index in [1.807, 2.05) is 6.92 Å². The quantitative estimate of drug-likeness (QED) is 0.406. The Bertz CT molecular complexity index is 844. The molecule has 3 rings (SSSR count). The molecule has 25 heavy (non-hydrogen) atoms. The van der Waals surface area contributed by atoms with Gasteiger partial charge in [-0.05, 0) is 6.92 Å². The Labute approximate surface area is 145 Å². The SMILES string of the molecule is CCOCCCOc1cc(O)c2c(c1N)C(=O)c1ccccc1C2=O. The van der Waals surface area contributed by atoms with Crippen LogP contribution in [0.2, 0.25) is 0 Å². The maximum atomic E-state index is 12.8. The van der Waals surface area contributed by atoms with Gasteiger partial charge in [-0.3, -0.25) is 9.59 Å². The maximum Gasteiger partial charge on any atom is 0.198 e. The molecule has 1 aliphatic carbocycles. The molecule has 0 heterocycles. The molecule has 1 aliphatic rings. The molecule has 0 saturated carbocycles. The summed E-state index contributed by atoms with van der Waals surface area (Å²) in [5.74, 6) is -0.930. The van der Waals surface area contributed by atoms with Crippen molar-refractivity contribution in [1.29, 1.82) is 0 Å². The number of phenolic OH excluding ortho intramolecular Hbond substituents is 1.